The molecule has 5 heteroatoms. The molecule has 0 saturated heterocycles. The van der Waals surface area contributed by atoms with E-state index in [2.05, 4.69) is 11.8 Å². The molecule has 1 aromatic carbocycles. The highest BCUT2D eigenvalue weighted by Gasteiger charge is 2.07. The standard InChI is InChI=1S/C10H5ClN2O2/c11-10-5-4-9(13(14)15)7-8(10)3-1-2-6-12/h4-5,7H,2H2. The summed E-state index contributed by atoms with van der Waals surface area (Å²) in [5.74, 6) is 5.14. The maximum atomic E-state index is 10.5. The molecule has 0 heterocycles. The quantitative estimate of drug-likeness (QED) is 0.415. The molecule has 0 spiro atoms. The summed E-state index contributed by atoms with van der Waals surface area (Å²) in [6.07, 6.45) is 0.0685. The molecule has 1 aromatic rings. The molecule has 0 fully saturated rings. The molecule has 0 bridgehead atoms. The fourth-order valence-electron chi connectivity index (χ4n) is 0.902. The third-order valence-electron chi connectivity index (χ3n) is 1.55. The van der Waals surface area contributed by atoms with Crippen LogP contribution in [0.15, 0.2) is 18.2 Å². The van der Waals surface area contributed by atoms with Crippen molar-refractivity contribution in [2.45, 2.75) is 6.42 Å². The van der Waals surface area contributed by atoms with Gasteiger partial charge in [0.1, 0.15) is 0 Å². The fraction of sp³-hybridized carbons (Fsp3) is 0.100. The second kappa shape index (κ2) is 4.99. The molecular weight excluding hydrogens is 216 g/mol. The van der Waals surface area contributed by atoms with Crippen molar-refractivity contribution in [2.24, 2.45) is 0 Å². The van der Waals surface area contributed by atoms with Gasteiger partial charge in [-0.25, -0.2) is 0 Å². The number of nitro groups is 1. The van der Waals surface area contributed by atoms with Crippen molar-refractivity contribution in [1.82, 2.24) is 0 Å². The SMILES string of the molecule is N#CCC#Cc1cc([N+](=O)[O-])ccc1Cl. The van der Waals surface area contributed by atoms with E-state index in [1.165, 1.54) is 18.2 Å². The van der Waals surface area contributed by atoms with E-state index in [1.54, 1.807) is 0 Å². The predicted octanol–water partition coefficient (Wildman–Crippen LogP) is 2.51. The van der Waals surface area contributed by atoms with E-state index in [0.29, 0.717) is 10.6 Å². The number of hydrogen-bond acceptors (Lipinski definition) is 3. The van der Waals surface area contributed by atoms with Crippen molar-refractivity contribution in [3.05, 3.63) is 38.9 Å². The largest absolute Gasteiger partial charge is 0.270 e. The Bertz CT molecular complexity index is 494. The van der Waals surface area contributed by atoms with Gasteiger partial charge in [0.25, 0.3) is 5.69 Å². The Morgan fingerprint density at radius 1 is 1.53 bits per heavy atom. The Morgan fingerprint density at radius 2 is 2.27 bits per heavy atom. The van der Waals surface area contributed by atoms with E-state index < -0.39 is 4.92 Å². The van der Waals surface area contributed by atoms with Gasteiger partial charge in [-0.05, 0) is 6.07 Å². The summed E-state index contributed by atoms with van der Waals surface area (Å²) in [6, 6.07) is 5.84. The van der Waals surface area contributed by atoms with Crippen LogP contribution in [0.1, 0.15) is 12.0 Å². The van der Waals surface area contributed by atoms with Crippen molar-refractivity contribution in [2.75, 3.05) is 0 Å². The molecule has 0 N–H and O–H groups in total. The van der Waals surface area contributed by atoms with Crippen LogP contribution in [0, 0.1) is 33.3 Å². The number of non-ortho nitro benzene ring substituents is 1. The average molecular weight is 221 g/mol. The molecule has 1 rings (SSSR count). The van der Waals surface area contributed by atoms with Gasteiger partial charge in [0.15, 0.2) is 0 Å². The Balaban J connectivity index is 3.08. The highest BCUT2D eigenvalue weighted by atomic mass is 35.5. The van der Waals surface area contributed by atoms with Crippen molar-refractivity contribution in [3.8, 4) is 17.9 Å². The van der Waals surface area contributed by atoms with Crippen molar-refractivity contribution in [1.29, 1.82) is 5.26 Å². The van der Waals surface area contributed by atoms with E-state index >= 15 is 0 Å². The van der Waals surface area contributed by atoms with E-state index in [1.807, 2.05) is 6.07 Å². The number of halogens is 1. The first-order valence-electron chi connectivity index (χ1n) is 3.95. The first-order chi connectivity index (χ1) is 7.15. The normalized spacial score (nSPS) is 8.53. The third-order valence-corrected chi connectivity index (χ3v) is 1.88. The zero-order valence-corrected chi connectivity index (χ0v) is 8.28. The first-order valence-corrected chi connectivity index (χ1v) is 4.32. The second-order valence-electron chi connectivity index (χ2n) is 2.56. The van der Waals surface area contributed by atoms with Crippen LogP contribution in [-0.2, 0) is 0 Å². The third kappa shape index (κ3) is 2.98. The molecule has 0 atom stereocenters. The Kier molecular flexibility index (Phi) is 3.68. The lowest BCUT2D eigenvalue weighted by molar-refractivity contribution is -0.384. The average Bonchev–Trinajstić information content (AvgIpc) is 2.20. The Hall–Kier alpha value is -2.04. The molecule has 0 aliphatic heterocycles. The number of rotatable bonds is 1. The predicted molar refractivity (Wildman–Crippen MR) is 55.2 cm³/mol. The van der Waals surface area contributed by atoms with Crippen LogP contribution in [0.5, 0.6) is 0 Å². The topological polar surface area (TPSA) is 66.9 Å². The fourth-order valence-corrected chi connectivity index (χ4v) is 1.07. The van der Waals surface area contributed by atoms with Crippen molar-refractivity contribution < 1.29 is 4.92 Å². The van der Waals surface area contributed by atoms with Crippen molar-refractivity contribution in [3.63, 3.8) is 0 Å². The van der Waals surface area contributed by atoms with E-state index in [0.717, 1.165) is 0 Å². The van der Waals surface area contributed by atoms with Gasteiger partial charge < -0.3 is 0 Å². The zero-order chi connectivity index (χ0) is 11.3. The lowest BCUT2D eigenvalue weighted by atomic mass is 10.2. The van der Waals surface area contributed by atoms with Gasteiger partial charge in [0, 0.05) is 17.7 Å². The van der Waals surface area contributed by atoms with Crippen LogP contribution < -0.4 is 0 Å². The highest BCUT2D eigenvalue weighted by molar-refractivity contribution is 6.31. The van der Waals surface area contributed by atoms with Crippen molar-refractivity contribution >= 4 is 17.3 Å². The molecule has 74 valence electrons. The van der Waals surface area contributed by atoms with E-state index in [-0.39, 0.29) is 12.1 Å². The number of nitro benzene ring substituents is 1. The summed E-state index contributed by atoms with van der Waals surface area (Å²) in [6.45, 7) is 0. The van der Waals surface area contributed by atoms with Crippen LogP contribution in [0.25, 0.3) is 0 Å². The van der Waals surface area contributed by atoms with Gasteiger partial charge in [-0.2, -0.15) is 5.26 Å². The minimum absolute atomic E-state index is 0.0685. The molecule has 0 aromatic heterocycles. The molecule has 15 heavy (non-hydrogen) atoms. The second-order valence-corrected chi connectivity index (χ2v) is 2.97. The summed E-state index contributed by atoms with van der Waals surface area (Å²) in [7, 11) is 0. The smallest absolute Gasteiger partial charge is 0.258 e. The summed E-state index contributed by atoms with van der Waals surface area (Å²) < 4.78 is 0. The van der Waals surface area contributed by atoms with Crippen LogP contribution >= 0.6 is 11.6 Å². The number of benzene rings is 1. The molecule has 4 nitrogen and oxygen atoms in total. The summed E-state index contributed by atoms with van der Waals surface area (Å²) >= 11 is 5.77. The number of nitriles is 1. The monoisotopic (exact) mass is 220 g/mol. The summed E-state index contributed by atoms with van der Waals surface area (Å²) in [5, 5.41) is 19.1. The minimum Gasteiger partial charge on any atom is -0.258 e. The maximum absolute atomic E-state index is 10.5. The van der Waals surface area contributed by atoms with Gasteiger partial charge in [-0.3, -0.25) is 10.1 Å². The van der Waals surface area contributed by atoms with Crippen LogP contribution in [0.2, 0.25) is 5.02 Å². The molecular formula is C10H5ClN2O2. The van der Waals surface area contributed by atoms with Gasteiger partial charge in [0.05, 0.1) is 22.4 Å². The molecule has 0 radical (unpaired) electrons. The van der Waals surface area contributed by atoms with Gasteiger partial charge in [-0.1, -0.05) is 23.4 Å². The number of nitrogens with zero attached hydrogens (tertiary/aromatic N) is 2. The zero-order valence-electron chi connectivity index (χ0n) is 7.53. The van der Waals surface area contributed by atoms with Gasteiger partial charge >= 0.3 is 0 Å². The van der Waals surface area contributed by atoms with Gasteiger partial charge in [0.2, 0.25) is 0 Å². The lowest BCUT2D eigenvalue weighted by Crippen LogP contribution is -1.88. The highest BCUT2D eigenvalue weighted by Crippen LogP contribution is 2.20. The first kappa shape index (κ1) is 11.0. The van der Waals surface area contributed by atoms with Crippen LogP contribution in [0.3, 0.4) is 0 Å². The molecule has 0 amide bonds. The van der Waals surface area contributed by atoms with Gasteiger partial charge in [-0.15, -0.1) is 0 Å². The van der Waals surface area contributed by atoms with Crippen LogP contribution in [-0.4, -0.2) is 4.92 Å². The minimum atomic E-state index is -0.522. The maximum Gasteiger partial charge on any atom is 0.270 e. The van der Waals surface area contributed by atoms with E-state index in [4.69, 9.17) is 16.9 Å². The lowest BCUT2D eigenvalue weighted by Gasteiger charge is -1.95. The summed E-state index contributed by atoms with van der Waals surface area (Å²) in [5.41, 5.74) is 0.293. The Morgan fingerprint density at radius 3 is 2.87 bits per heavy atom. The Labute approximate surface area is 91.2 Å². The number of hydrogen-bond donors (Lipinski definition) is 0. The molecule has 0 aliphatic rings. The molecule has 0 aliphatic carbocycles. The molecule has 0 unspecified atom stereocenters. The van der Waals surface area contributed by atoms with Crippen LogP contribution in [0.4, 0.5) is 5.69 Å². The molecule has 0 saturated carbocycles. The summed E-state index contributed by atoms with van der Waals surface area (Å²) in [4.78, 5) is 9.93. The van der Waals surface area contributed by atoms with E-state index in [9.17, 15) is 10.1 Å².